The molecule has 0 aromatic carbocycles. The minimum atomic E-state index is -0.495. The molecule has 1 aliphatic heterocycles. The predicted molar refractivity (Wildman–Crippen MR) is 94.3 cm³/mol. The molecule has 4 rings (SSSR count). The lowest BCUT2D eigenvalue weighted by Crippen LogP contribution is -2.57. The predicted octanol–water partition coefficient (Wildman–Crippen LogP) is 3.38. The third kappa shape index (κ3) is 2.57. The zero-order valence-corrected chi connectivity index (χ0v) is 15.8. The first-order valence-electron chi connectivity index (χ1n) is 9.35. The van der Waals surface area contributed by atoms with Crippen molar-refractivity contribution in [1.82, 2.24) is 0 Å². The smallest absolute Gasteiger partial charge is 0.334 e. The largest absolute Gasteiger partial charge is 0.472 e. The fraction of sp³-hybridized carbons (Fsp3) is 0.571. The number of esters is 2. The van der Waals surface area contributed by atoms with Gasteiger partial charge in [-0.3, -0.25) is 9.59 Å². The SMILES string of the molecule is COC(=O)C1=CC(=O)C[C@H]2[C@]3(C)C[C@@H](c4ccoc4)OC(=O)[C@H]3CC[C@@]12C. The van der Waals surface area contributed by atoms with Gasteiger partial charge in [-0.1, -0.05) is 13.8 Å². The second-order valence-corrected chi connectivity index (χ2v) is 8.47. The quantitative estimate of drug-likeness (QED) is 0.740. The third-order valence-electron chi connectivity index (χ3n) is 7.13. The van der Waals surface area contributed by atoms with Gasteiger partial charge in [0.15, 0.2) is 5.78 Å². The van der Waals surface area contributed by atoms with Crippen LogP contribution in [0.5, 0.6) is 0 Å². The molecular formula is C21H24O6. The summed E-state index contributed by atoms with van der Waals surface area (Å²) in [5, 5.41) is 0. The van der Waals surface area contributed by atoms with Gasteiger partial charge in [-0.2, -0.15) is 0 Å². The lowest BCUT2D eigenvalue weighted by molar-refractivity contribution is -0.191. The molecule has 0 amide bonds. The number of furan rings is 1. The van der Waals surface area contributed by atoms with Crippen molar-refractivity contribution in [1.29, 1.82) is 0 Å². The number of fused-ring (bicyclic) bond motifs is 3. The van der Waals surface area contributed by atoms with Crippen molar-refractivity contribution >= 4 is 17.7 Å². The third-order valence-corrected chi connectivity index (χ3v) is 7.13. The Bertz CT molecular complexity index is 822. The fourth-order valence-electron chi connectivity index (χ4n) is 5.67. The Kier molecular flexibility index (Phi) is 4.05. The van der Waals surface area contributed by atoms with Gasteiger partial charge in [-0.25, -0.2) is 4.79 Å². The highest BCUT2D eigenvalue weighted by molar-refractivity contribution is 6.02. The molecule has 0 unspecified atom stereocenters. The van der Waals surface area contributed by atoms with Crippen molar-refractivity contribution in [3.8, 4) is 0 Å². The molecule has 5 atom stereocenters. The Balaban J connectivity index is 1.77. The van der Waals surface area contributed by atoms with E-state index in [2.05, 4.69) is 6.92 Å². The van der Waals surface area contributed by atoms with Crippen LogP contribution in [0.1, 0.15) is 51.2 Å². The molecule has 1 aromatic rings. The summed E-state index contributed by atoms with van der Waals surface area (Å²) in [6, 6.07) is 1.80. The Morgan fingerprint density at radius 3 is 2.74 bits per heavy atom. The average molecular weight is 372 g/mol. The first-order chi connectivity index (χ1) is 12.8. The summed E-state index contributed by atoms with van der Waals surface area (Å²) in [5.41, 5.74) is 0.309. The minimum Gasteiger partial charge on any atom is -0.472 e. The molecule has 2 aliphatic carbocycles. The topological polar surface area (TPSA) is 82.8 Å². The van der Waals surface area contributed by atoms with Gasteiger partial charge >= 0.3 is 11.9 Å². The number of allylic oxidation sites excluding steroid dienone is 1. The van der Waals surface area contributed by atoms with Crippen LogP contribution in [0.25, 0.3) is 0 Å². The Morgan fingerprint density at radius 2 is 2.07 bits per heavy atom. The standard InChI is InChI=1S/C21H24O6/c1-20-6-4-14-19(24)27-16(12-5-7-26-11-12)10-21(14,2)17(20)9-13(22)8-15(20)18(23)25-3/h5,7-8,11,14,16-17H,4,6,9-10H2,1-3H3/t14-,16+,17-,20+,21-/m1/s1. The van der Waals surface area contributed by atoms with Crippen LogP contribution in [0, 0.1) is 22.7 Å². The molecule has 1 saturated heterocycles. The number of hydrogen-bond donors (Lipinski definition) is 0. The van der Waals surface area contributed by atoms with Crippen molar-refractivity contribution in [2.24, 2.45) is 22.7 Å². The van der Waals surface area contributed by atoms with E-state index in [1.807, 2.05) is 6.92 Å². The van der Waals surface area contributed by atoms with Crippen LogP contribution in [0.15, 0.2) is 34.7 Å². The molecular weight excluding hydrogens is 348 g/mol. The van der Waals surface area contributed by atoms with Gasteiger partial charge in [-0.05, 0) is 42.7 Å². The van der Waals surface area contributed by atoms with E-state index in [0.717, 1.165) is 5.56 Å². The number of hydrogen-bond acceptors (Lipinski definition) is 6. The monoisotopic (exact) mass is 372 g/mol. The lowest BCUT2D eigenvalue weighted by Gasteiger charge is -2.59. The fourth-order valence-corrected chi connectivity index (χ4v) is 5.67. The van der Waals surface area contributed by atoms with Crippen LogP contribution in [-0.2, 0) is 23.9 Å². The number of ether oxygens (including phenoxy) is 2. The van der Waals surface area contributed by atoms with Crippen molar-refractivity contribution < 1.29 is 28.3 Å². The molecule has 0 bridgehead atoms. The molecule has 2 heterocycles. The summed E-state index contributed by atoms with van der Waals surface area (Å²) in [6.45, 7) is 4.10. The van der Waals surface area contributed by atoms with Gasteiger partial charge in [0.1, 0.15) is 6.10 Å². The zero-order valence-electron chi connectivity index (χ0n) is 15.8. The van der Waals surface area contributed by atoms with E-state index in [4.69, 9.17) is 13.9 Å². The number of rotatable bonds is 2. The molecule has 6 heteroatoms. The summed E-state index contributed by atoms with van der Waals surface area (Å²) in [7, 11) is 1.33. The summed E-state index contributed by atoms with van der Waals surface area (Å²) >= 11 is 0. The van der Waals surface area contributed by atoms with Crippen LogP contribution >= 0.6 is 0 Å². The normalized spacial score (nSPS) is 38.3. The van der Waals surface area contributed by atoms with Crippen molar-refractivity contribution in [3.05, 3.63) is 35.8 Å². The molecule has 0 radical (unpaired) electrons. The highest BCUT2D eigenvalue weighted by Gasteiger charge is 2.62. The van der Waals surface area contributed by atoms with Gasteiger partial charge in [0.05, 0.1) is 25.6 Å². The lowest BCUT2D eigenvalue weighted by atomic mass is 9.45. The van der Waals surface area contributed by atoms with Crippen molar-refractivity contribution in [2.75, 3.05) is 7.11 Å². The van der Waals surface area contributed by atoms with E-state index in [-0.39, 0.29) is 23.6 Å². The van der Waals surface area contributed by atoms with Gasteiger partial charge in [0.25, 0.3) is 0 Å². The molecule has 1 saturated carbocycles. The molecule has 27 heavy (non-hydrogen) atoms. The molecule has 0 spiro atoms. The van der Waals surface area contributed by atoms with Crippen LogP contribution in [0.4, 0.5) is 0 Å². The van der Waals surface area contributed by atoms with Gasteiger partial charge in [-0.15, -0.1) is 0 Å². The highest BCUT2D eigenvalue weighted by atomic mass is 16.5. The maximum absolute atomic E-state index is 12.8. The van der Waals surface area contributed by atoms with Crippen LogP contribution < -0.4 is 0 Å². The number of carbonyl (C=O) groups is 3. The number of carbonyl (C=O) groups excluding carboxylic acids is 3. The summed E-state index contributed by atoms with van der Waals surface area (Å²) < 4.78 is 15.8. The van der Waals surface area contributed by atoms with E-state index < -0.39 is 22.9 Å². The molecule has 3 aliphatic rings. The van der Waals surface area contributed by atoms with Crippen LogP contribution in [0.3, 0.4) is 0 Å². The average Bonchev–Trinajstić information content (AvgIpc) is 3.16. The summed E-state index contributed by atoms with van der Waals surface area (Å²) in [4.78, 5) is 37.7. The maximum Gasteiger partial charge on any atom is 0.334 e. The van der Waals surface area contributed by atoms with Gasteiger partial charge < -0.3 is 13.9 Å². The van der Waals surface area contributed by atoms with E-state index in [1.165, 1.54) is 13.2 Å². The van der Waals surface area contributed by atoms with Crippen LogP contribution in [0.2, 0.25) is 0 Å². The van der Waals surface area contributed by atoms with E-state index >= 15 is 0 Å². The number of methoxy groups -OCH3 is 1. The second kappa shape index (κ2) is 6.08. The van der Waals surface area contributed by atoms with Crippen molar-refractivity contribution in [3.63, 3.8) is 0 Å². The van der Waals surface area contributed by atoms with Crippen LogP contribution in [-0.4, -0.2) is 24.8 Å². The van der Waals surface area contributed by atoms with E-state index in [9.17, 15) is 14.4 Å². The number of ketones is 1. The zero-order chi connectivity index (χ0) is 19.4. The molecule has 0 N–H and O–H groups in total. The summed E-state index contributed by atoms with van der Waals surface area (Å²) in [6.07, 6.45) is 6.41. The molecule has 144 valence electrons. The van der Waals surface area contributed by atoms with Gasteiger partial charge in [0, 0.05) is 23.0 Å². The molecule has 6 nitrogen and oxygen atoms in total. The maximum atomic E-state index is 12.8. The van der Waals surface area contributed by atoms with E-state index in [1.54, 1.807) is 18.6 Å². The first kappa shape index (κ1) is 18.0. The van der Waals surface area contributed by atoms with Crippen molar-refractivity contribution in [2.45, 2.75) is 45.6 Å². The molecule has 2 fully saturated rings. The first-order valence-corrected chi connectivity index (χ1v) is 9.35. The second-order valence-electron chi connectivity index (χ2n) is 8.47. The minimum absolute atomic E-state index is 0.0847. The number of cyclic esters (lactones) is 1. The highest BCUT2D eigenvalue weighted by Crippen LogP contribution is 2.64. The Labute approximate surface area is 157 Å². The van der Waals surface area contributed by atoms with Gasteiger partial charge in [0.2, 0.25) is 0 Å². The Morgan fingerprint density at radius 1 is 1.30 bits per heavy atom. The molecule has 1 aromatic heterocycles. The van der Waals surface area contributed by atoms with E-state index in [0.29, 0.717) is 31.3 Å². The summed E-state index contributed by atoms with van der Waals surface area (Å²) in [5.74, 6) is -1.17. The Hall–Kier alpha value is -2.37.